The minimum atomic E-state index is -0.886. The Bertz CT molecular complexity index is 579. The molecular formula is C20H28O4. The van der Waals surface area contributed by atoms with Gasteiger partial charge < -0.3 is 14.6 Å². The topological polar surface area (TPSA) is 63.6 Å². The molecule has 0 radical (unpaired) electrons. The second-order valence-corrected chi connectivity index (χ2v) is 7.92. The lowest BCUT2D eigenvalue weighted by atomic mass is 9.68. The molecule has 1 heterocycles. The summed E-state index contributed by atoms with van der Waals surface area (Å²) in [5.74, 6) is -0.509. The minimum Gasteiger partial charge on any atom is -0.461 e. The zero-order valence-corrected chi connectivity index (χ0v) is 14.9. The van der Waals surface area contributed by atoms with Crippen molar-refractivity contribution in [2.24, 2.45) is 17.3 Å². The molecular weight excluding hydrogens is 304 g/mol. The van der Waals surface area contributed by atoms with Crippen molar-refractivity contribution < 1.29 is 19.4 Å². The van der Waals surface area contributed by atoms with E-state index >= 15 is 0 Å². The van der Waals surface area contributed by atoms with Gasteiger partial charge in [0.25, 0.3) is 0 Å². The van der Waals surface area contributed by atoms with Crippen molar-refractivity contribution in [1.82, 2.24) is 0 Å². The first-order valence-corrected chi connectivity index (χ1v) is 8.56. The van der Waals surface area contributed by atoms with Crippen LogP contribution in [0.25, 0.3) is 0 Å². The Labute approximate surface area is 144 Å². The lowest BCUT2D eigenvalue weighted by Crippen LogP contribution is -2.38. The molecule has 2 rings (SSSR count). The number of carbonyl (C=O) groups is 2. The Hall–Kier alpha value is -1.68. The van der Waals surface area contributed by atoms with Gasteiger partial charge >= 0.3 is 5.97 Å². The summed E-state index contributed by atoms with van der Waals surface area (Å²) in [5.41, 5.74) is 0.636. The van der Waals surface area contributed by atoms with Gasteiger partial charge in [-0.25, -0.2) is 0 Å². The fourth-order valence-electron chi connectivity index (χ4n) is 3.44. The molecule has 2 fully saturated rings. The summed E-state index contributed by atoms with van der Waals surface area (Å²) < 4.78 is 5.35. The molecule has 3 atom stereocenters. The van der Waals surface area contributed by atoms with E-state index in [1.807, 2.05) is 19.1 Å². The highest BCUT2D eigenvalue weighted by atomic mass is 16.5. The minimum absolute atomic E-state index is 0.0183. The molecule has 1 saturated heterocycles. The van der Waals surface area contributed by atoms with E-state index in [9.17, 15) is 14.7 Å². The summed E-state index contributed by atoms with van der Waals surface area (Å²) in [4.78, 5) is 23.7. The van der Waals surface area contributed by atoms with E-state index in [1.165, 1.54) is 0 Å². The third-order valence-corrected chi connectivity index (χ3v) is 5.10. The largest absolute Gasteiger partial charge is 0.461 e. The monoisotopic (exact) mass is 332 g/mol. The zero-order chi connectivity index (χ0) is 18.0. The third kappa shape index (κ3) is 4.44. The maximum atomic E-state index is 12.3. The quantitative estimate of drug-likeness (QED) is 0.489. The summed E-state index contributed by atoms with van der Waals surface area (Å²) in [6.07, 6.45) is 9.39. The van der Waals surface area contributed by atoms with Crippen LogP contribution >= 0.6 is 0 Å². The van der Waals surface area contributed by atoms with Gasteiger partial charge in [-0.3, -0.25) is 4.79 Å². The predicted octanol–water partition coefficient (Wildman–Crippen LogP) is 3.36. The number of cyclic esters (lactones) is 1. The molecule has 0 unspecified atom stereocenters. The van der Waals surface area contributed by atoms with E-state index in [1.54, 1.807) is 19.9 Å². The molecule has 1 N–H and O–H groups in total. The van der Waals surface area contributed by atoms with Crippen LogP contribution in [0.2, 0.25) is 0 Å². The molecule has 0 aromatic rings. The SMILES string of the molecule is C=C1CC[C@@](C)(C=O)CC[C@@H]2/C(=C\C=C\C(C)(C)O)COC(=O)[C@@H]12. The van der Waals surface area contributed by atoms with Gasteiger partial charge in [-0.1, -0.05) is 37.3 Å². The molecule has 1 aliphatic carbocycles. The summed E-state index contributed by atoms with van der Waals surface area (Å²) >= 11 is 0. The van der Waals surface area contributed by atoms with Crippen LogP contribution in [0.1, 0.15) is 46.5 Å². The Morgan fingerprint density at radius 1 is 1.38 bits per heavy atom. The van der Waals surface area contributed by atoms with Gasteiger partial charge in [0.15, 0.2) is 0 Å². The smallest absolute Gasteiger partial charge is 0.313 e. The van der Waals surface area contributed by atoms with Crippen molar-refractivity contribution in [3.63, 3.8) is 0 Å². The molecule has 0 aromatic heterocycles. The molecule has 4 heteroatoms. The van der Waals surface area contributed by atoms with Crippen molar-refractivity contribution in [3.8, 4) is 0 Å². The first-order valence-electron chi connectivity index (χ1n) is 8.56. The first kappa shape index (κ1) is 18.7. The second kappa shape index (κ2) is 7.06. The van der Waals surface area contributed by atoms with Crippen molar-refractivity contribution in [2.75, 3.05) is 6.61 Å². The van der Waals surface area contributed by atoms with Crippen molar-refractivity contribution in [3.05, 3.63) is 36.0 Å². The van der Waals surface area contributed by atoms with E-state index in [0.717, 1.165) is 36.7 Å². The molecule has 0 aromatic carbocycles. The van der Waals surface area contributed by atoms with Gasteiger partial charge in [0.2, 0.25) is 0 Å². The Morgan fingerprint density at radius 3 is 2.71 bits per heavy atom. The van der Waals surface area contributed by atoms with Crippen LogP contribution in [-0.4, -0.2) is 29.6 Å². The maximum absolute atomic E-state index is 12.3. The van der Waals surface area contributed by atoms with Gasteiger partial charge in [-0.05, 0) is 45.1 Å². The van der Waals surface area contributed by atoms with Crippen LogP contribution in [0.3, 0.4) is 0 Å². The molecule has 1 aliphatic heterocycles. The number of aliphatic hydroxyl groups is 1. The molecule has 24 heavy (non-hydrogen) atoms. The highest BCUT2D eigenvalue weighted by Crippen LogP contribution is 2.43. The lowest BCUT2D eigenvalue weighted by Gasteiger charge is -2.38. The van der Waals surface area contributed by atoms with E-state index in [4.69, 9.17) is 4.74 Å². The average Bonchev–Trinajstić information content (AvgIpc) is 2.49. The van der Waals surface area contributed by atoms with Crippen LogP contribution in [0, 0.1) is 17.3 Å². The first-order chi connectivity index (χ1) is 11.2. The fraction of sp³-hybridized carbons (Fsp3) is 0.600. The molecule has 0 spiro atoms. The van der Waals surface area contributed by atoms with Gasteiger partial charge in [-0.15, -0.1) is 0 Å². The normalized spacial score (nSPS) is 33.8. The highest BCUT2D eigenvalue weighted by molar-refractivity contribution is 5.78. The molecule has 1 saturated carbocycles. The number of aldehydes is 1. The average molecular weight is 332 g/mol. The van der Waals surface area contributed by atoms with Crippen molar-refractivity contribution in [1.29, 1.82) is 0 Å². The van der Waals surface area contributed by atoms with Gasteiger partial charge in [0.1, 0.15) is 12.9 Å². The predicted molar refractivity (Wildman–Crippen MR) is 93.2 cm³/mol. The van der Waals surface area contributed by atoms with E-state index in [0.29, 0.717) is 6.42 Å². The summed E-state index contributed by atoms with van der Waals surface area (Å²) in [7, 11) is 0. The highest BCUT2D eigenvalue weighted by Gasteiger charge is 2.41. The lowest BCUT2D eigenvalue weighted by molar-refractivity contribution is -0.151. The number of ether oxygens (including phenoxy) is 1. The Kier molecular flexibility index (Phi) is 5.49. The molecule has 4 nitrogen and oxygen atoms in total. The second-order valence-electron chi connectivity index (χ2n) is 7.92. The van der Waals surface area contributed by atoms with E-state index < -0.39 is 5.60 Å². The van der Waals surface area contributed by atoms with E-state index in [-0.39, 0.29) is 29.8 Å². The maximum Gasteiger partial charge on any atom is 0.313 e. The molecule has 0 bridgehead atoms. The Morgan fingerprint density at radius 2 is 2.08 bits per heavy atom. The van der Waals surface area contributed by atoms with Crippen LogP contribution in [0.4, 0.5) is 0 Å². The van der Waals surface area contributed by atoms with Gasteiger partial charge in [0, 0.05) is 11.3 Å². The van der Waals surface area contributed by atoms with Crippen molar-refractivity contribution >= 4 is 12.3 Å². The molecule has 2 aliphatic rings. The standard InChI is InChI=1S/C20H28O4/c1-14-7-10-20(4,13-21)11-8-16-15(6-5-9-19(2,3)23)12-24-18(22)17(14)16/h5-6,9,13,16-17,23H,1,7-8,10-12H2,2-4H3/b9-5+,15-6-/t16-,17+,20-/m1/s1. The number of rotatable bonds is 3. The number of carbonyl (C=O) groups excluding carboxylic acids is 2. The van der Waals surface area contributed by atoms with Gasteiger partial charge in [-0.2, -0.15) is 0 Å². The molecule has 0 amide bonds. The summed E-state index contributed by atoms with van der Waals surface area (Å²) in [5, 5.41) is 9.79. The fourth-order valence-corrected chi connectivity index (χ4v) is 3.44. The van der Waals surface area contributed by atoms with Crippen LogP contribution in [0.15, 0.2) is 36.0 Å². The summed E-state index contributed by atoms with van der Waals surface area (Å²) in [6.45, 7) is 9.76. The number of hydrogen-bond donors (Lipinski definition) is 1. The number of fused-ring (bicyclic) bond motifs is 1. The van der Waals surface area contributed by atoms with Crippen LogP contribution in [0.5, 0.6) is 0 Å². The van der Waals surface area contributed by atoms with Crippen LogP contribution < -0.4 is 0 Å². The van der Waals surface area contributed by atoms with Gasteiger partial charge in [0.05, 0.1) is 11.5 Å². The number of allylic oxidation sites excluding steroid dienone is 2. The Balaban J connectivity index is 2.30. The van der Waals surface area contributed by atoms with Crippen molar-refractivity contribution in [2.45, 2.75) is 52.1 Å². The number of esters is 1. The summed E-state index contributed by atoms with van der Waals surface area (Å²) in [6, 6.07) is 0. The zero-order valence-electron chi connectivity index (χ0n) is 14.9. The van der Waals surface area contributed by atoms with E-state index in [2.05, 4.69) is 6.58 Å². The molecule has 132 valence electrons. The third-order valence-electron chi connectivity index (χ3n) is 5.10. The van der Waals surface area contributed by atoms with Crippen LogP contribution in [-0.2, 0) is 14.3 Å². The number of hydrogen-bond acceptors (Lipinski definition) is 4.